The predicted octanol–water partition coefficient (Wildman–Crippen LogP) is 3.28. The Morgan fingerprint density at radius 1 is 1.10 bits per heavy atom. The molecule has 0 bridgehead atoms. The van der Waals surface area contributed by atoms with E-state index in [2.05, 4.69) is 20.8 Å². The van der Waals surface area contributed by atoms with Gasteiger partial charge in [-0.1, -0.05) is 31.9 Å². The summed E-state index contributed by atoms with van der Waals surface area (Å²) < 4.78 is 0. The SMILES string of the molecule is CCC(=O)CCCCC[C@H](NC(=O)c1cn[nH]c1)C(=O)Nc1cccc(C(C)=O)c1. The lowest BCUT2D eigenvalue weighted by Gasteiger charge is -2.18. The van der Waals surface area contributed by atoms with E-state index in [0.29, 0.717) is 42.5 Å². The minimum Gasteiger partial charge on any atom is -0.340 e. The number of anilines is 1. The van der Waals surface area contributed by atoms with Gasteiger partial charge in [0.15, 0.2) is 5.78 Å². The molecule has 1 aromatic carbocycles. The fourth-order valence-corrected chi connectivity index (χ4v) is 2.95. The van der Waals surface area contributed by atoms with Gasteiger partial charge in [-0.2, -0.15) is 5.10 Å². The summed E-state index contributed by atoms with van der Waals surface area (Å²) in [5, 5.41) is 11.8. The van der Waals surface area contributed by atoms with Crippen LogP contribution in [0.25, 0.3) is 0 Å². The van der Waals surface area contributed by atoms with Crippen molar-refractivity contribution in [1.82, 2.24) is 15.5 Å². The molecule has 0 unspecified atom stereocenters. The maximum absolute atomic E-state index is 12.8. The summed E-state index contributed by atoms with van der Waals surface area (Å²) in [4.78, 5) is 48.2. The number of rotatable bonds is 12. The van der Waals surface area contributed by atoms with E-state index in [4.69, 9.17) is 0 Å². The van der Waals surface area contributed by atoms with Gasteiger partial charge < -0.3 is 10.6 Å². The molecule has 8 heteroatoms. The highest BCUT2D eigenvalue weighted by atomic mass is 16.2. The number of unbranched alkanes of at least 4 members (excludes halogenated alkanes) is 2. The fraction of sp³-hybridized carbons (Fsp3) is 0.409. The van der Waals surface area contributed by atoms with Gasteiger partial charge in [-0.05, 0) is 31.9 Å². The number of hydrogen-bond acceptors (Lipinski definition) is 5. The van der Waals surface area contributed by atoms with Gasteiger partial charge in [0.25, 0.3) is 5.91 Å². The molecule has 0 spiro atoms. The van der Waals surface area contributed by atoms with E-state index < -0.39 is 11.9 Å². The zero-order chi connectivity index (χ0) is 21.9. The van der Waals surface area contributed by atoms with Crippen LogP contribution in [-0.2, 0) is 9.59 Å². The fourth-order valence-electron chi connectivity index (χ4n) is 2.95. The molecule has 160 valence electrons. The van der Waals surface area contributed by atoms with Gasteiger partial charge in [0.2, 0.25) is 5.91 Å². The number of benzene rings is 1. The molecule has 1 heterocycles. The molecule has 1 aromatic heterocycles. The van der Waals surface area contributed by atoms with Crippen LogP contribution in [0.3, 0.4) is 0 Å². The van der Waals surface area contributed by atoms with Gasteiger partial charge in [-0.3, -0.25) is 24.3 Å². The van der Waals surface area contributed by atoms with Crippen LogP contribution in [0.15, 0.2) is 36.7 Å². The molecule has 30 heavy (non-hydrogen) atoms. The zero-order valence-electron chi connectivity index (χ0n) is 17.4. The van der Waals surface area contributed by atoms with Gasteiger partial charge >= 0.3 is 0 Å². The van der Waals surface area contributed by atoms with Gasteiger partial charge in [0, 0.05) is 30.3 Å². The first-order valence-corrected chi connectivity index (χ1v) is 10.1. The van der Waals surface area contributed by atoms with E-state index in [1.165, 1.54) is 19.3 Å². The van der Waals surface area contributed by atoms with E-state index >= 15 is 0 Å². The first-order chi connectivity index (χ1) is 14.4. The number of carbonyl (C=O) groups is 4. The average Bonchev–Trinajstić information content (AvgIpc) is 3.27. The van der Waals surface area contributed by atoms with Crippen molar-refractivity contribution in [3.8, 4) is 0 Å². The molecule has 2 rings (SSSR count). The highest BCUT2D eigenvalue weighted by molar-refractivity contribution is 6.02. The first kappa shape index (κ1) is 23.0. The summed E-state index contributed by atoms with van der Waals surface area (Å²) in [6, 6.07) is 5.90. The number of nitrogens with zero attached hydrogens (tertiary/aromatic N) is 1. The Balaban J connectivity index is 2.00. The normalized spacial score (nSPS) is 11.5. The predicted molar refractivity (Wildman–Crippen MR) is 113 cm³/mol. The summed E-state index contributed by atoms with van der Waals surface area (Å²) in [5.41, 5.74) is 1.32. The average molecular weight is 412 g/mol. The summed E-state index contributed by atoms with van der Waals surface area (Å²) >= 11 is 0. The Morgan fingerprint density at radius 2 is 1.90 bits per heavy atom. The van der Waals surface area contributed by atoms with Gasteiger partial charge in [-0.15, -0.1) is 0 Å². The second kappa shape index (κ2) is 11.6. The summed E-state index contributed by atoms with van der Waals surface area (Å²) in [5.74, 6) is -0.639. The van der Waals surface area contributed by atoms with Crippen molar-refractivity contribution in [3.05, 3.63) is 47.8 Å². The third kappa shape index (κ3) is 7.27. The maximum Gasteiger partial charge on any atom is 0.255 e. The summed E-state index contributed by atoms with van der Waals surface area (Å²) in [6.45, 7) is 3.30. The summed E-state index contributed by atoms with van der Waals surface area (Å²) in [7, 11) is 0. The van der Waals surface area contributed by atoms with Crippen LogP contribution in [-0.4, -0.2) is 39.6 Å². The molecule has 8 nitrogen and oxygen atoms in total. The second-order valence-corrected chi connectivity index (χ2v) is 7.13. The zero-order valence-corrected chi connectivity index (χ0v) is 17.4. The monoisotopic (exact) mass is 412 g/mol. The number of aromatic nitrogens is 2. The van der Waals surface area contributed by atoms with Crippen molar-refractivity contribution in [2.75, 3.05) is 5.32 Å². The molecular weight excluding hydrogens is 384 g/mol. The Bertz CT molecular complexity index is 877. The molecule has 2 aromatic rings. The number of aromatic amines is 1. The molecule has 0 saturated carbocycles. The van der Waals surface area contributed by atoms with E-state index in [9.17, 15) is 19.2 Å². The summed E-state index contributed by atoms with van der Waals surface area (Å²) in [6.07, 6.45) is 6.58. The topological polar surface area (TPSA) is 121 Å². The first-order valence-electron chi connectivity index (χ1n) is 10.1. The highest BCUT2D eigenvalue weighted by Crippen LogP contribution is 2.14. The third-order valence-electron chi connectivity index (χ3n) is 4.76. The Hall–Kier alpha value is -3.29. The molecule has 0 radical (unpaired) electrons. The van der Waals surface area contributed by atoms with E-state index in [1.807, 2.05) is 6.92 Å². The number of carbonyl (C=O) groups excluding carboxylic acids is 4. The van der Waals surface area contributed by atoms with Crippen LogP contribution in [0, 0.1) is 0 Å². The Labute approximate surface area is 175 Å². The van der Waals surface area contributed by atoms with Crippen molar-refractivity contribution < 1.29 is 19.2 Å². The minimum absolute atomic E-state index is 0.0995. The minimum atomic E-state index is -0.754. The van der Waals surface area contributed by atoms with E-state index in [-0.39, 0.29) is 17.5 Å². The van der Waals surface area contributed by atoms with Crippen LogP contribution >= 0.6 is 0 Å². The molecular formula is C22H28N4O4. The lowest BCUT2D eigenvalue weighted by Crippen LogP contribution is -2.43. The molecule has 1 atom stereocenters. The highest BCUT2D eigenvalue weighted by Gasteiger charge is 2.22. The van der Waals surface area contributed by atoms with Crippen molar-refractivity contribution >= 4 is 29.1 Å². The van der Waals surface area contributed by atoms with Crippen molar-refractivity contribution in [3.63, 3.8) is 0 Å². The molecule has 2 amide bonds. The standard InChI is InChI=1S/C22H28N4O4/c1-3-19(28)10-5-4-6-11-20(26-21(29)17-13-23-24-14-17)22(30)25-18-9-7-8-16(12-18)15(2)27/h7-9,12-14,20H,3-6,10-11H2,1-2H3,(H,23,24)(H,25,30)(H,26,29)/t20-/m0/s1. The van der Waals surface area contributed by atoms with Crippen molar-refractivity contribution in [2.24, 2.45) is 0 Å². The lowest BCUT2D eigenvalue weighted by molar-refractivity contribution is -0.119. The van der Waals surface area contributed by atoms with Crippen molar-refractivity contribution in [2.45, 2.75) is 58.4 Å². The van der Waals surface area contributed by atoms with Gasteiger partial charge in [0.1, 0.15) is 11.8 Å². The van der Waals surface area contributed by atoms with E-state index in [0.717, 1.165) is 12.8 Å². The molecule has 0 aliphatic rings. The van der Waals surface area contributed by atoms with Gasteiger partial charge in [0.05, 0.1) is 11.8 Å². The molecule has 0 aliphatic heterocycles. The maximum atomic E-state index is 12.8. The second-order valence-electron chi connectivity index (χ2n) is 7.13. The number of hydrogen-bond donors (Lipinski definition) is 3. The van der Waals surface area contributed by atoms with Crippen LogP contribution in [0.5, 0.6) is 0 Å². The smallest absolute Gasteiger partial charge is 0.255 e. The number of nitrogens with one attached hydrogen (secondary N) is 3. The molecule has 0 aliphatic carbocycles. The van der Waals surface area contributed by atoms with Crippen molar-refractivity contribution in [1.29, 1.82) is 0 Å². The number of amides is 2. The van der Waals surface area contributed by atoms with Crippen LogP contribution < -0.4 is 10.6 Å². The number of H-pyrrole nitrogens is 1. The number of ketones is 2. The Kier molecular flexibility index (Phi) is 8.93. The lowest BCUT2D eigenvalue weighted by atomic mass is 10.0. The van der Waals surface area contributed by atoms with Crippen LogP contribution in [0.1, 0.15) is 73.1 Å². The number of Topliss-reactive ketones (excluding diaryl/α,β-unsaturated/α-hetero) is 2. The Morgan fingerprint density at radius 3 is 2.57 bits per heavy atom. The molecule has 0 fully saturated rings. The largest absolute Gasteiger partial charge is 0.340 e. The van der Waals surface area contributed by atoms with Crippen LogP contribution in [0.4, 0.5) is 5.69 Å². The van der Waals surface area contributed by atoms with Crippen LogP contribution in [0.2, 0.25) is 0 Å². The third-order valence-corrected chi connectivity index (χ3v) is 4.76. The van der Waals surface area contributed by atoms with E-state index in [1.54, 1.807) is 24.3 Å². The molecule has 0 saturated heterocycles. The molecule has 3 N–H and O–H groups in total. The quantitative estimate of drug-likeness (QED) is 0.365. The van der Waals surface area contributed by atoms with Gasteiger partial charge in [-0.25, -0.2) is 0 Å².